The molecule has 2 unspecified atom stereocenters. The van der Waals surface area contributed by atoms with Crippen molar-refractivity contribution >= 4 is 27.9 Å². The van der Waals surface area contributed by atoms with Gasteiger partial charge in [0.1, 0.15) is 6.07 Å². The van der Waals surface area contributed by atoms with Gasteiger partial charge in [-0.1, -0.05) is 34.0 Å². The van der Waals surface area contributed by atoms with Crippen molar-refractivity contribution in [1.82, 2.24) is 14.5 Å². The zero-order chi connectivity index (χ0) is 17.9. The molecule has 0 spiro atoms. The number of fused-ring (bicyclic) bond motifs is 1. The van der Waals surface area contributed by atoms with Gasteiger partial charge in [0.05, 0.1) is 18.2 Å². The molecule has 0 amide bonds. The molecule has 1 aliphatic heterocycles. The highest BCUT2D eigenvalue weighted by atomic mass is 79.9. The maximum absolute atomic E-state index is 9.23. The molecule has 0 N–H and O–H groups in total. The maximum atomic E-state index is 9.23. The number of anilines is 1. The lowest BCUT2D eigenvalue weighted by Gasteiger charge is -2.24. The van der Waals surface area contributed by atoms with E-state index in [1.54, 1.807) is 6.20 Å². The van der Waals surface area contributed by atoms with Gasteiger partial charge in [0.2, 0.25) is 0 Å². The van der Waals surface area contributed by atoms with Gasteiger partial charge in [0.15, 0.2) is 11.5 Å². The van der Waals surface area contributed by atoms with E-state index < -0.39 is 0 Å². The molecule has 0 fully saturated rings. The molecule has 6 heteroatoms. The van der Waals surface area contributed by atoms with E-state index in [1.165, 1.54) is 6.20 Å². The van der Waals surface area contributed by atoms with Crippen LogP contribution in [0, 0.1) is 29.1 Å². The highest BCUT2D eigenvalue weighted by Gasteiger charge is 2.19. The summed E-state index contributed by atoms with van der Waals surface area (Å²) in [5.41, 5.74) is 2.39. The second kappa shape index (κ2) is 7.19. The van der Waals surface area contributed by atoms with E-state index in [0.717, 1.165) is 24.2 Å². The van der Waals surface area contributed by atoms with Gasteiger partial charge in [-0.3, -0.25) is 0 Å². The molecule has 0 saturated heterocycles. The molecule has 3 heterocycles. The van der Waals surface area contributed by atoms with Crippen molar-refractivity contribution in [2.24, 2.45) is 5.92 Å². The smallest absolute Gasteiger partial charge is 0.183 e. The Hall–Kier alpha value is -2.83. The Bertz CT molecular complexity index is 986. The van der Waals surface area contributed by atoms with Crippen molar-refractivity contribution in [3.8, 4) is 17.9 Å². The summed E-state index contributed by atoms with van der Waals surface area (Å²) in [7, 11) is 0. The molecule has 0 radical (unpaired) electrons. The predicted octanol–water partition coefficient (Wildman–Crippen LogP) is 3.68. The topological polar surface area (TPSA) is 57.7 Å². The summed E-state index contributed by atoms with van der Waals surface area (Å²) in [5, 5.41) is 9.23. The Morgan fingerprint density at radius 3 is 2.92 bits per heavy atom. The normalized spacial score (nSPS) is 20.8. The Kier molecular flexibility index (Phi) is 4.60. The molecule has 2 aromatic heterocycles. The number of allylic oxidation sites excluding steroid dienone is 2. The summed E-state index contributed by atoms with van der Waals surface area (Å²) in [6.45, 7) is 0.621. The molecule has 0 bridgehead atoms. The SMILES string of the molecule is N#Cc1nccnc1N1C=Cn2c(C#CC3C=CCCC3Br)ccc2C1. The first-order valence-corrected chi connectivity index (χ1v) is 9.36. The van der Waals surface area contributed by atoms with Crippen molar-refractivity contribution in [2.45, 2.75) is 24.2 Å². The van der Waals surface area contributed by atoms with E-state index in [4.69, 9.17) is 0 Å². The van der Waals surface area contributed by atoms with E-state index in [0.29, 0.717) is 22.9 Å². The Balaban J connectivity index is 1.59. The van der Waals surface area contributed by atoms with Gasteiger partial charge in [-0.2, -0.15) is 5.26 Å². The van der Waals surface area contributed by atoms with E-state index in [1.807, 2.05) is 23.4 Å². The minimum atomic E-state index is 0.247. The van der Waals surface area contributed by atoms with Crippen molar-refractivity contribution in [3.05, 3.63) is 60.0 Å². The standard InChI is InChI=1S/C20H16BrN5/c21-18-4-2-1-3-15(18)5-6-16-7-8-17-14-25(11-12-26(16)17)20-19(13-22)23-9-10-24-20/h1,3,7-12,15,18H,2,4,14H2. The molecule has 26 heavy (non-hydrogen) atoms. The van der Waals surface area contributed by atoms with Crippen LogP contribution in [0.25, 0.3) is 6.20 Å². The summed E-state index contributed by atoms with van der Waals surface area (Å²) in [6.07, 6.45) is 13.6. The van der Waals surface area contributed by atoms with Crippen LogP contribution in [0.4, 0.5) is 5.82 Å². The number of nitriles is 1. The average Bonchev–Trinajstić information content (AvgIpc) is 3.09. The molecule has 4 rings (SSSR count). The van der Waals surface area contributed by atoms with Crippen LogP contribution in [0.5, 0.6) is 0 Å². The van der Waals surface area contributed by atoms with Gasteiger partial charge in [-0.15, -0.1) is 0 Å². The Labute approximate surface area is 160 Å². The van der Waals surface area contributed by atoms with Crippen LogP contribution in [0.1, 0.15) is 29.9 Å². The monoisotopic (exact) mass is 405 g/mol. The van der Waals surface area contributed by atoms with E-state index in [2.05, 4.69) is 66.6 Å². The van der Waals surface area contributed by atoms with Gasteiger partial charge < -0.3 is 9.47 Å². The van der Waals surface area contributed by atoms with Crippen LogP contribution in [0.3, 0.4) is 0 Å². The van der Waals surface area contributed by atoms with Crippen LogP contribution < -0.4 is 4.90 Å². The zero-order valence-corrected chi connectivity index (χ0v) is 15.6. The lowest BCUT2D eigenvalue weighted by Crippen LogP contribution is -2.23. The lowest BCUT2D eigenvalue weighted by molar-refractivity contribution is 0.674. The van der Waals surface area contributed by atoms with Gasteiger partial charge in [-0.05, 0) is 30.9 Å². The molecular weight excluding hydrogens is 390 g/mol. The fourth-order valence-electron chi connectivity index (χ4n) is 3.13. The summed E-state index contributed by atoms with van der Waals surface area (Å²) in [5.74, 6) is 7.50. The van der Waals surface area contributed by atoms with Crippen LogP contribution in [0.15, 0.2) is 42.9 Å². The van der Waals surface area contributed by atoms with Crippen LogP contribution in [0.2, 0.25) is 0 Å². The second-order valence-electron chi connectivity index (χ2n) is 6.16. The van der Waals surface area contributed by atoms with Crippen molar-refractivity contribution in [3.63, 3.8) is 0 Å². The summed E-state index contributed by atoms with van der Waals surface area (Å²) < 4.78 is 2.09. The highest BCUT2D eigenvalue weighted by Crippen LogP contribution is 2.25. The van der Waals surface area contributed by atoms with E-state index in [9.17, 15) is 5.26 Å². The predicted molar refractivity (Wildman–Crippen MR) is 104 cm³/mol. The largest absolute Gasteiger partial charge is 0.323 e. The number of hydrogen-bond donors (Lipinski definition) is 0. The molecule has 0 saturated carbocycles. The van der Waals surface area contributed by atoms with E-state index >= 15 is 0 Å². The van der Waals surface area contributed by atoms with Crippen LogP contribution in [-0.4, -0.2) is 19.4 Å². The highest BCUT2D eigenvalue weighted by molar-refractivity contribution is 9.09. The Morgan fingerprint density at radius 2 is 2.08 bits per heavy atom. The summed E-state index contributed by atoms with van der Waals surface area (Å²) in [6, 6.07) is 6.19. The zero-order valence-electron chi connectivity index (χ0n) is 14.0. The number of alkyl halides is 1. The van der Waals surface area contributed by atoms with Crippen LogP contribution in [-0.2, 0) is 6.54 Å². The van der Waals surface area contributed by atoms with Crippen LogP contribution >= 0.6 is 15.9 Å². The summed E-state index contributed by atoms with van der Waals surface area (Å²) in [4.78, 5) is 10.7. The first kappa shape index (κ1) is 16.6. The van der Waals surface area contributed by atoms with Crippen molar-refractivity contribution in [1.29, 1.82) is 5.26 Å². The molecular formula is C20H16BrN5. The third-order valence-electron chi connectivity index (χ3n) is 4.50. The number of hydrogen-bond acceptors (Lipinski definition) is 4. The van der Waals surface area contributed by atoms with E-state index in [-0.39, 0.29) is 5.92 Å². The minimum absolute atomic E-state index is 0.247. The molecule has 2 aromatic rings. The van der Waals surface area contributed by atoms with Gasteiger partial charge in [-0.25, -0.2) is 9.97 Å². The van der Waals surface area contributed by atoms with Crippen molar-refractivity contribution in [2.75, 3.05) is 4.90 Å². The van der Waals surface area contributed by atoms with Crippen molar-refractivity contribution < 1.29 is 0 Å². The third kappa shape index (κ3) is 3.16. The Morgan fingerprint density at radius 1 is 1.19 bits per heavy atom. The molecule has 128 valence electrons. The number of nitrogens with zero attached hydrogens (tertiary/aromatic N) is 5. The molecule has 0 aromatic carbocycles. The third-order valence-corrected chi connectivity index (χ3v) is 5.52. The lowest BCUT2D eigenvalue weighted by atomic mass is 9.96. The molecule has 2 aliphatic rings. The fraction of sp³-hybridized carbons (Fsp3) is 0.250. The quantitative estimate of drug-likeness (QED) is 0.412. The molecule has 5 nitrogen and oxygen atoms in total. The average molecular weight is 406 g/mol. The maximum Gasteiger partial charge on any atom is 0.183 e. The first-order valence-electron chi connectivity index (χ1n) is 8.44. The minimum Gasteiger partial charge on any atom is -0.323 e. The molecule has 2 atom stereocenters. The number of rotatable bonds is 1. The van der Waals surface area contributed by atoms with Gasteiger partial charge in [0.25, 0.3) is 0 Å². The fourth-order valence-corrected chi connectivity index (χ4v) is 3.70. The van der Waals surface area contributed by atoms with Gasteiger partial charge >= 0.3 is 0 Å². The summed E-state index contributed by atoms with van der Waals surface area (Å²) >= 11 is 3.72. The molecule has 1 aliphatic carbocycles. The van der Waals surface area contributed by atoms with Gasteiger partial charge in [0, 0.05) is 35.3 Å². The number of aromatic nitrogens is 3. The first-order chi connectivity index (χ1) is 12.8. The number of halogens is 1. The second-order valence-corrected chi connectivity index (χ2v) is 7.34.